The number of allylic oxidation sites excluding steroid dienone is 1. The van der Waals surface area contributed by atoms with Gasteiger partial charge in [0.1, 0.15) is 11.9 Å². The lowest BCUT2D eigenvalue weighted by Crippen LogP contribution is -2.51. The van der Waals surface area contributed by atoms with E-state index >= 15 is 0 Å². The molecule has 2 N–H and O–H groups in total. The maximum atomic E-state index is 12.4. The molecule has 3 saturated carbocycles. The molecule has 0 bridgehead atoms. The first-order valence-corrected chi connectivity index (χ1v) is 15.3. The Morgan fingerprint density at radius 3 is 2.73 bits per heavy atom. The Morgan fingerprint density at radius 1 is 1.14 bits per heavy atom. The zero-order valence-corrected chi connectivity index (χ0v) is 24.0. The first-order chi connectivity index (χ1) is 17.7. The van der Waals surface area contributed by atoms with E-state index in [-0.39, 0.29) is 17.6 Å². The van der Waals surface area contributed by atoms with Crippen LogP contribution in [0.15, 0.2) is 24.0 Å². The molecule has 4 aliphatic rings. The van der Waals surface area contributed by atoms with Crippen molar-refractivity contribution in [2.45, 2.75) is 118 Å². The Morgan fingerprint density at radius 2 is 1.97 bits per heavy atom. The lowest BCUT2D eigenvalue weighted by molar-refractivity contribution is -0.0581. The van der Waals surface area contributed by atoms with Crippen LogP contribution < -0.4 is 5.32 Å². The molecule has 1 heterocycles. The standard InChI is InChI=1S/C32H51N3O2/c1-21(2)7-6-8-22(3)26-11-12-27-25-10-9-23-19-24(37-30(36)35-20-29-33-17-18-34-29)13-15-31(23,4)28(25)14-16-32(26,27)5/h9,17-18,21-22,24-28H,6-8,10-16,19-20H2,1-5H3,(H,33,34)(H,35,36)/t22-,24?,25?,26-,27?,28?,31+,32-/m1/s1. The molecule has 5 nitrogen and oxygen atoms in total. The van der Waals surface area contributed by atoms with Gasteiger partial charge in [-0.2, -0.15) is 0 Å². The number of nitrogens with zero attached hydrogens (tertiary/aromatic N) is 1. The highest BCUT2D eigenvalue weighted by Gasteiger charge is 2.59. The molecule has 1 aromatic heterocycles. The highest BCUT2D eigenvalue weighted by molar-refractivity contribution is 5.67. The normalized spacial score (nSPS) is 37.8. The quantitative estimate of drug-likeness (QED) is 0.348. The third kappa shape index (κ3) is 5.26. The zero-order valence-electron chi connectivity index (χ0n) is 24.0. The molecule has 4 aliphatic carbocycles. The summed E-state index contributed by atoms with van der Waals surface area (Å²) >= 11 is 0. The van der Waals surface area contributed by atoms with Gasteiger partial charge in [-0.3, -0.25) is 0 Å². The van der Waals surface area contributed by atoms with Crippen LogP contribution in [0.3, 0.4) is 0 Å². The van der Waals surface area contributed by atoms with Gasteiger partial charge in [0.25, 0.3) is 0 Å². The average molecular weight is 510 g/mol. The molecule has 8 atom stereocenters. The van der Waals surface area contributed by atoms with E-state index in [1.165, 1.54) is 51.4 Å². The van der Waals surface area contributed by atoms with Gasteiger partial charge in [0.2, 0.25) is 0 Å². The summed E-state index contributed by atoms with van der Waals surface area (Å²) in [6.45, 7) is 12.9. The van der Waals surface area contributed by atoms with Crippen LogP contribution in [-0.2, 0) is 11.3 Å². The molecular weight excluding hydrogens is 458 g/mol. The second kappa shape index (κ2) is 10.8. The number of alkyl carbamates (subject to hydrolysis) is 1. The van der Waals surface area contributed by atoms with E-state index in [0.717, 1.165) is 60.6 Å². The number of hydrogen-bond acceptors (Lipinski definition) is 3. The minimum absolute atomic E-state index is 0.0103. The number of rotatable bonds is 8. The summed E-state index contributed by atoms with van der Waals surface area (Å²) in [5.41, 5.74) is 2.39. The van der Waals surface area contributed by atoms with Crippen molar-refractivity contribution in [1.82, 2.24) is 15.3 Å². The number of nitrogens with one attached hydrogen (secondary N) is 2. The summed E-state index contributed by atoms with van der Waals surface area (Å²) in [5, 5.41) is 2.85. The number of imidazole rings is 1. The molecule has 37 heavy (non-hydrogen) atoms. The molecule has 5 rings (SSSR count). The third-order valence-electron chi connectivity index (χ3n) is 11.5. The number of carbonyl (C=O) groups excluding carboxylic acids is 1. The molecule has 3 fully saturated rings. The van der Waals surface area contributed by atoms with Crippen LogP contribution in [0.1, 0.15) is 111 Å². The highest BCUT2D eigenvalue weighted by Crippen LogP contribution is 2.67. The van der Waals surface area contributed by atoms with Crippen LogP contribution in [0, 0.1) is 46.3 Å². The van der Waals surface area contributed by atoms with E-state index in [0.29, 0.717) is 12.0 Å². The predicted octanol–water partition coefficient (Wildman–Crippen LogP) is 8.05. The number of fused-ring (bicyclic) bond motifs is 5. The van der Waals surface area contributed by atoms with Crippen molar-refractivity contribution in [3.63, 3.8) is 0 Å². The van der Waals surface area contributed by atoms with Crippen molar-refractivity contribution in [3.05, 3.63) is 29.9 Å². The van der Waals surface area contributed by atoms with Gasteiger partial charge in [0.05, 0.1) is 6.54 Å². The van der Waals surface area contributed by atoms with E-state index in [4.69, 9.17) is 4.74 Å². The second-order valence-corrected chi connectivity index (χ2v) is 13.9. The van der Waals surface area contributed by atoms with Gasteiger partial charge in [-0.1, -0.05) is 65.5 Å². The first-order valence-electron chi connectivity index (χ1n) is 15.3. The van der Waals surface area contributed by atoms with Gasteiger partial charge < -0.3 is 15.0 Å². The molecule has 5 heteroatoms. The average Bonchev–Trinajstić information content (AvgIpc) is 3.50. The van der Waals surface area contributed by atoms with Crippen LogP contribution in [0.2, 0.25) is 0 Å². The predicted molar refractivity (Wildman–Crippen MR) is 149 cm³/mol. The smallest absolute Gasteiger partial charge is 0.407 e. The molecule has 0 spiro atoms. The van der Waals surface area contributed by atoms with Crippen LogP contribution in [0.4, 0.5) is 4.79 Å². The largest absolute Gasteiger partial charge is 0.446 e. The number of carbonyl (C=O) groups is 1. The number of hydrogen-bond donors (Lipinski definition) is 2. The Bertz CT molecular complexity index is 955. The fraction of sp³-hybridized carbons (Fsp3) is 0.812. The summed E-state index contributed by atoms with van der Waals surface area (Å²) in [4.78, 5) is 19.6. The lowest BCUT2D eigenvalue weighted by Gasteiger charge is -2.58. The van der Waals surface area contributed by atoms with Gasteiger partial charge in [-0.15, -0.1) is 0 Å². The van der Waals surface area contributed by atoms with Crippen molar-refractivity contribution in [2.75, 3.05) is 0 Å². The van der Waals surface area contributed by atoms with Crippen LogP contribution in [-0.4, -0.2) is 22.2 Å². The number of amides is 1. The molecule has 0 radical (unpaired) electrons. The van der Waals surface area contributed by atoms with Crippen LogP contribution in [0.5, 0.6) is 0 Å². The third-order valence-corrected chi connectivity index (χ3v) is 11.5. The Labute approximate surface area is 225 Å². The number of aromatic amines is 1. The minimum atomic E-state index is -0.327. The fourth-order valence-corrected chi connectivity index (χ4v) is 9.50. The summed E-state index contributed by atoms with van der Waals surface area (Å²) < 4.78 is 5.86. The van der Waals surface area contributed by atoms with E-state index in [1.807, 2.05) is 0 Å². The molecule has 0 saturated heterocycles. The zero-order chi connectivity index (χ0) is 26.2. The minimum Gasteiger partial charge on any atom is -0.446 e. The first kappa shape index (κ1) is 26.8. The van der Waals surface area contributed by atoms with E-state index in [2.05, 4.69) is 56.0 Å². The fourth-order valence-electron chi connectivity index (χ4n) is 9.50. The molecular formula is C32H51N3O2. The van der Waals surface area contributed by atoms with Crippen LogP contribution >= 0.6 is 0 Å². The van der Waals surface area contributed by atoms with Crippen molar-refractivity contribution >= 4 is 6.09 Å². The highest BCUT2D eigenvalue weighted by atomic mass is 16.6. The molecule has 0 aromatic carbocycles. The molecule has 206 valence electrons. The van der Waals surface area contributed by atoms with Gasteiger partial charge in [0, 0.05) is 18.8 Å². The Hall–Kier alpha value is -1.78. The Kier molecular flexibility index (Phi) is 7.80. The van der Waals surface area contributed by atoms with E-state index in [1.54, 1.807) is 18.0 Å². The maximum absolute atomic E-state index is 12.4. The molecule has 4 unspecified atom stereocenters. The van der Waals surface area contributed by atoms with Gasteiger partial charge >= 0.3 is 6.09 Å². The molecule has 1 amide bonds. The summed E-state index contributed by atoms with van der Waals surface area (Å²) in [6.07, 6.45) is 19.9. The lowest BCUT2D eigenvalue weighted by atomic mass is 9.47. The second-order valence-electron chi connectivity index (χ2n) is 13.9. The van der Waals surface area contributed by atoms with Gasteiger partial charge in [-0.05, 0) is 91.3 Å². The van der Waals surface area contributed by atoms with Crippen LogP contribution in [0.25, 0.3) is 0 Å². The van der Waals surface area contributed by atoms with Gasteiger partial charge in [-0.25, -0.2) is 9.78 Å². The SMILES string of the molecule is CC(C)CCC[C@@H](C)[C@H]1CCC2C3CC=C4CC(OC(=O)NCc5ncc[nH]5)CC[C@]4(C)C3CC[C@@]21C. The topological polar surface area (TPSA) is 67.0 Å². The van der Waals surface area contributed by atoms with E-state index < -0.39 is 0 Å². The van der Waals surface area contributed by atoms with Crippen molar-refractivity contribution in [1.29, 1.82) is 0 Å². The summed E-state index contributed by atoms with van der Waals surface area (Å²) in [5.74, 6) is 5.88. The van der Waals surface area contributed by atoms with Crippen molar-refractivity contribution in [3.8, 4) is 0 Å². The monoisotopic (exact) mass is 509 g/mol. The number of aromatic nitrogens is 2. The van der Waals surface area contributed by atoms with Crippen molar-refractivity contribution in [2.24, 2.45) is 46.3 Å². The number of H-pyrrole nitrogens is 1. The van der Waals surface area contributed by atoms with Crippen molar-refractivity contribution < 1.29 is 9.53 Å². The molecule has 1 aromatic rings. The summed E-state index contributed by atoms with van der Waals surface area (Å²) in [7, 11) is 0. The van der Waals surface area contributed by atoms with Gasteiger partial charge in [0.15, 0.2) is 0 Å². The Balaban J connectivity index is 1.20. The number of ether oxygens (including phenoxy) is 1. The summed E-state index contributed by atoms with van der Waals surface area (Å²) in [6, 6.07) is 0. The molecule has 0 aliphatic heterocycles. The van der Waals surface area contributed by atoms with E-state index in [9.17, 15) is 4.79 Å². The maximum Gasteiger partial charge on any atom is 0.407 e.